The van der Waals surface area contributed by atoms with E-state index in [2.05, 4.69) is 4.90 Å². The monoisotopic (exact) mass is 365 g/mol. The Morgan fingerprint density at radius 3 is 2.48 bits per heavy atom. The fraction of sp³-hybridized carbons (Fsp3) is 0.435. The molecule has 4 rings (SSSR count). The zero-order valence-corrected chi connectivity index (χ0v) is 15.6. The highest BCUT2D eigenvalue weighted by Gasteiger charge is 2.47. The van der Waals surface area contributed by atoms with Crippen LogP contribution in [0.3, 0.4) is 0 Å². The van der Waals surface area contributed by atoms with Gasteiger partial charge in [0.1, 0.15) is 5.60 Å². The summed E-state index contributed by atoms with van der Waals surface area (Å²) in [6.07, 6.45) is 2.99. The Hall–Kier alpha value is -2.01. The first-order valence-corrected chi connectivity index (χ1v) is 9.88. The second kappa shape index (κ2) is 7.93. The minimum atomic E-state index is -1.14. The predicted molar refractivity (Wildman–Crippen MR) is 105 cm³/mol. The Labute approximate surface area is 160 Å². The minimum Gasteiger partial charge on any atom is -0.384 e. The molecule has 4 heteroatoms. The SMILES string of the molecule is O=C(c1ccccc1)[C@@H]1CN(C[C@H]2CCCO2)CC[C@@]1(O)c1ccccc1. The number of rotatable bonds is 5. The van der Waals surface area contributed by atoms with Crippen LogP contribution >= 0.6 is 0 Å². The van der Waals surface area contributed by atoms with Gasteiger partial charge in [0.25, 0.3) is 0 Å². The van der Waals surface area contributed by atoms with Crippen LogP contribution in [0.5, 0.6) is 0 Å². The number of benzene rings is 2. The van der Waals surface area contributed by atoms with Gasteiger partial charge in [-0.25, -0.2) is 0 Å². The number of carbonyl (C=O) groups excluding carboxylic acids is 1. The average molecular weight is 365 g/mol. The summed E-state index contributed by atoms with van der Waals surface area (Å²) in [5.41, 5.74) is 0.355. The second-order valence-electron chi connectivity index (χ2n) is 7.72. The standard InChI is InChI=1S/C23H27NO3/c25-22(18-8-3-1-4-9-18)21-17-24(16-20-12-7-15-27-20)14-13-23(21,26)19-10-5-2-6-11-19/h1-6,8-11,20-21,26H,7,12-17H2/t20-,21+,23-/m1/s1. The number of piperidine rings is 1. The molecule has 0 amide bonds. The van der Waals surface area contributed by atoms with Gasteiger partial charge in [-0.3, -0.25) is 9.69 Å². The number of ether oxygens (including phenoxy) is 1. The van der Waals surface area contributed by atoms with Crippen LogP contribution in [0, 0.1) is 5.92 Å². The fourth-order valence-corrected chi connectivity index (χ4v) is 4.42. The molecule has 27 heavy (non-hydrogen) atoms. The van der Waals surface area contributed by atoms with E-state index in [4.69, 9.17) is 4.74 Å². The molecule has 1 N–H and O–H groups in total. The molecule has 3 atom stereocenters. The van der Waals surface area contributed by atoms with Gasteiger partial charge >= 0.3 is 0 Å². The lowest BCUT2D eigenvalue weighted by atomic mass is 9.72. The first-order chi connectivity index (χ1) is 13.2. The lowest BCUT2D eigenvalue weighted by Crippen LogP contribution is -2.54. The van der Waals surface area contributed by atoms with E-state index >= 15 is 0 Å². The Kier molecular flexibility index (Phi) is 5.39. The smallest absolute Gasteiger partial charge is 0.170 e. The van der Waals surface area contributed by atoms with Gasteiger partial charge in [0.2, 0.25) is 0 Å². The van der Waals surface area contributed by atoms with Crippen LogP contribution in [0.2, 0.25) is 0 Å². The largest absolute Gasteiger partial charge is 0.384 e. The molecule has 2 aliphatic rings. The molecule has 0 aliphatic carbocycles. The highest BCUT2D eigenvalue weighted by atomic mass is 16.5. The summed E-state index contributed by atoms with van der Waals surface area (Å²) < 4.78 is 5.78. The maximum atomic E-state index is 13.4. The molecule has 142 valence electrons. The third-order valence-electron chi connectivity index (χ3n) is 5.96. The van der Waals surface area contributed by atoms with E-state index in [9.17, 15) is 9.90 Å². The number of hydrogen-bond acceptors (Lipinski definition) is 4. The van der Waals surface area contributed by atoms with Crippen molar-refractivity contribution in [3.63, 3.8) is 0 Å². The van der Waals surface area contributed by atoms with Gasteiger partial charge in [-0.2, -0.15) is 0 Å². The summed E-state index contributed by atoms with van der Waals surface area (Å²) in [7, 11) is 0. The number of nitrogens with zero attached hydrogens (tertiary/aromatic N) is 1. The molecule has 0 unspecified atom stereocenters. The molecule has 2 aliphatic heterocycles. The fourth-order valence-electron chi connectivity index (χ4n) is 4.42. The van der Waals surface area contributed by atoms with E-state index in [1.807, 2.05) is 60.7 Å². The molecule has 0 aromatic heterocycles. The molecule has 4 nitrogen and oxygen atoms in total. The Morgan fingerprint density at radius 2 is 1.81 bits per heavy atom. The summed E-state index contributed by atoms with van der Waals surface area (Å²) >= 11 is 0. The Bertz CT molecular complexity index is 758. The van der Waals surface area contributed by atoms with Crippen LogP contribution in [-0.2, 0) is 10.3 Å². The average Bonchev–Trinajstić information content (AvgIpc) is 3.23. The third-order valence-corrected chi connectivity index (χ3v) is 5.96. The minimum absolute atomic E-state index is 0.0130. The molecule has 2 fully saturated rings. The highest BCUT2D eigenvalue weighted by Crippen LogP contribution is 2.39. The predicted octanol–water partition coefficient (Wildman–Crippen LogP) is 3.26. The molecule has 0 radical (unpaired) electrons. The molecule has 2 heterocycles. The van der Waals surface area contributed by atoms with E-state index in [1.54, 1.807) is 0 Å². The Morgan fingerprint density at radius 1 is 1.11 bits per heavy atom. The summed E-state index contributed by atoms with van der Waals surface area (Å²) in [4.78, 5) is 15.6. The summed E-state index contributed by atoms with van der Waals surface area (Å²) in [6.45, 7) is 2.99. The van der Waals surface area contributed by atoms with Crippen molar-refractivity contribution < 1.29 is 14.6 Å². The van der Waals surface area contributed by atoms with Gasteiger partial charge < -0.3 is 9.84 Å². The quantitative estimate of drug-likeness (QED) is 0.827. The van der Waals surface area contributed by atoms with Crippen LogP contribution < -0.4 is 0 Å². The van der Waals surface area contributed by atoms with Crippen LogP contribution in [0.4, 0.5) is 0 Å². The first kappa shape index (κ1) is 18.4. The van der Waals surface area contributed by atoms with E-state index in [1.165, 1.54) is 0 Å². The van der Waals surface area contributed by atoms with E-state index in [0.29, 0.717) is 18.5 Å². The van der Waals surface area contributed by atoms with Crippen molar-refractivity contribution in [2.24, 2.45) is 5.92 Å². The van der Waals surface area contributed by atoms with Gasteiger partial charge in [0.05, 0.1) is 12.0 Å². The topological polar surface area (TPSA) is 49.8 Å². The van der Waals surface area contributed by atoms with Crippen LogP contribution in [-0.4, -0.2) is 48.1 Å². The molecular weight excluding hydrogens is 338 g/mol. The molecule has 2 saturated heterocycles. The lowest BCUT2D eigenvalue weighted by Gasteiger charge is -2.44. The molecule has 0 spiro atoms. The van der Waals surface area contributed by atoms with Crippen LogP contribution in [0.15, 0.2) is 60.7 Å². The van der Waals surface area contributed by atoms with E-state index < -0.39 is 11.5 Å². The van der Waals surface area contributed by atoms with Crippen LogP contribution in [0.25, 0.3) is 0 Å². The highest BCUT2D eigenvalue weighted by molar-refractivity contribution is 5.99. The van der Waals surface area contributed by atoms with Crippen molar-refractivity contribution >= 4 is 5.78 Å². The van der Waals surface area contributed by atoms with Crippen molar-refractivity contribution in [3.05, 3.63) is 71.8 Å². The normalized spacial score (nSPS) is 28.9. The summed E-state index contributed by atoms with van der Waals surface area (Å²) in [5, 5.41) is 11.6. The molecule has 2 aromatic carbocycles. The zero-order chi connectivity index (χ0) is 18.7. The lowest BCUT2D eigenvalue weighted by molar-refractivity contribution is -0.0711. The molecule has 0 bridgehead atoms. The van der Waals surface area contributed by atoms with Crippen molar-refractivity contribution in [1.82, 2.24) is 4.90 Å². The molecule has 2 aromatic rings. The first-order valence-electron chi connectivity index (χ1n) is 9.88. The summed E-state index contributed by atoms with van der Waals surface area (Å²) in [5.74, 6) is -0.476. The second-order valence-corrected chi connectivity index (χ2v) is 7.72. The zero-order valence-electron chi connectivity index (χ0n) is 15.6. The molecule has 0 saturated carbocycles. The number of carbonyl (C=O) groups is 1. The van der Waals surface area contributed by atoms with Gasteiger partial charge in [-0.15, -0.1) is 0 Å². The third kappa shape index (κ3) is 3.84. The van der Waals surface area contributed by atoms with Crippen molar-refractivity contribution in [1.29, 1.82) is 0 Å². The van der Waals surface area contributed by atoms with Gasteiger partial charge in [-0.05, 0) is 24.8 Å². The van der Waals surface area contributed by atoms with Crippen LogP contribution in [0.1, 0.15) is 35.2 Å². The van der Waals surface area contributed by atoms with Crippen molar-refractivity contribution in [3.8, 4) is 0 Å². The maximum absolute atomic E-state index is 13.4. The number of likely N-dealkylation sites (tertiary alicyclic amines) is 1. The molecular formula is C23H27NO3. The van der Waals surface area contributed by atoms with Crippen molar-refractivity contribution in [2.45, 2.75) is 31.0 Å². The van der Waals surface area contributed by atoms with Gasteiger partial charge in [-0.1, -0.05) is 60.7 Å². The number of Topliss-reactive ketones (excluding diaryl/α,β-unsaturated/α-hetero) is 1. The maximum Gasteiger partial charge on any atom is 0.170 e. The number of ketones is 1. The van der Waals surface area contributed by atoms with Gasteiger partial charge in [0, 0.05) is 31.8 Å². The number of hydrogen-bond donors (Lipinski definition) is 1. The Balaban J connectivity index is 1.61. The van der Waals surface area contributed by atoms with Gasteiger partial charge in [0.15, 0.2) is 5.78 Å². The van der Waals surface area contributed by atoms with Crippen molar-refractivity contribution in [2.75, 3.05) is 26.2 Å². The summed E-state index contributed by atoms with van der Waals surface area (Å²) in [6, 6.07) is 19.0. The van der Waals surface area contributed by atoms with E-state index in [0.717, 1.165) is 38.1 Å². The van der Waals surface area contributed by atoms with E-state index in [-0.39, 0.29) is 11.9 Å². The number of aliphatic hydroxyl groups is 1.